The second-order valence-electron chi connectivity index (χ2n) is 3.64. The lowest BCUT2D eigenvalue weighted by molar-refractivity contribution is -0.120. The fraction of sp³-hybridized carbons (Fsp3) is 0.417. The van der Waals surface area contributed by atoms with E-state index in [4.69, 9.17) is 0 Å². The Morgan fingerprint density at radius 3 is 2.76 bits per heavy atom. The Balaban J connectivity index is 2.43. The Morgan fingerprint density at radius 1 is 1.29 bits per heavy atom. The van der Waals surface area contributed by atoms with Crippen molar-refractivity contribution in [2.45, 2.75) is 19.3 Å². The van der Waals surface area contributed by atoms with Gasteiger partial charge in [-0.2, -0.15) is 0 Å². The number of hydrogen-bond donors (Lipinski definition) is 1. The van der Waals surface area contributed by atoms with Crippen LogP contribution in [-0.2, 0) is 11.2 Å². The zero-order chi connectivity index (χ0) is 12.7. The normalized spacial score (nSPS) is 10.3. The molecule has 1 N–H and O–H groups in total. The number of carbonyl (C=O) groups excluding carboxylic acids is 1. The van der Waals surface area contributed by atoms with Gasteiger partial charge in [0.05, 0.1) is 6.42 Å². The number of unbranched alkanes of at least 4 members (excludes halogenated alkanes) is 1. The number of halogens is 3. The number of rotatable bonds is 6. The Hall–Kier alpha value is -0.970. The van der Waals surface area contributed by atoms with E-state index in [1.165, 1.54) is 12.1 Å². The number of hydrogen-bond acceptors (Lipinski definition) is 1. The zero-order valence-corrected chi connectivity index (χ0v) is 10.9. The summed E-state index contributed by atoms with van der Waals surface area (Å²) < 4.78 is 26.1. The van der Waals surface area contributed by atoms with Gasteiger partial charge in [0.2, 0.25) is 5.91 Å². The van der Waals surface area contributed by atoms with Crippen LogP contribution in [0.3, 0.4) is 0 Å². The first kappa shape index (κ1) is 14.1. The van der Waals surface area contributed by atoms with Crippen LogP contribution in [-0.4, -0.2) is 17.8 Å². The number of nitrogens with one attached hydrogen (secondary N) is 1. The SMILES string of the molecule is O=C(Cc1cccc(F)c1F)NCCCCBr. The molecule has 0 spiro atoms. The second kappa shape index (κ2) is 7.37. The highest BCUT2D eigenvalue weighted by Gasteiger charge is 2.10. The summed E-state index contributed by atoms with van der Waals surface area (Å²) in [5.41, 5.74) is 0.0861. The molecule has 0 fully saturated rings. The van der Waals surface area contributed by atoms with E-state index in [1.807, 2.05) is 0 Å². The Morgan fingerprint density at radius 2 is 2.06 bits per heavy atom. The van der Waals surface area contributed by atoms with Crippen LogP contribution in [0.1, 0.15) is 18.4 Å². The quantitative estimate of drug-likeness (QED) is 0.635. The number of benzene rings is 1. The second-order valence-corrected chi connectivity index (χ2v) is 4.43. The van der Waals surface area contributed by atoms with Crippen LogP contribution in [0.4, 0.5) is 8.78 Å². The predicted octanol–water partition coefficient (Wildman–Crippen LogP) is 2.80. The first-order chi connectivity index (χ1) is 8.15. The van der Waals surface area contributed by atoms with Crippen LogP contribution >= 0.6 is 15.9 Å². The minimum absolute atomic E-state index is 0.0861. The van der Waals surface area contributed by atoms with Crippen molar-refractivity contribution in [1.29, 1.82) is 0 Å². The molecule has 0 heterocycles. The van der Waals surface area contributed by atoms with Crippen molar-refractivity contribution in [2.75, 3.05) is 11.9 Å². The van der Waals surface area contributed by atoms with Gasteiger partial charge in [0.15, 0.2) is 11.6 Å². The third kappa shape index (κ3) is 4.81. The molecule has 0 radical (unpaired) electrons. The van der Waals surface area contributed by atoms with E-state index in [1.54, 1.807) is 0 Å². The average molecular weight is 306 g/mol. The van der Waals surface area contributed by atoms with Crippen LogP contribution in [0.2, 0.25) is 0 Å². The van der Waals surface area contributed by atoms with Gasteiger partial charge in [-0.1, -0.05) is 28.1 Å². The van der Waals surface area contributed by atoms with Gasteiger partial charge in [0.1, 0.15) is 0 Å². The van der Waals surface area contributed by atoms with Crippen LogP contribution in [0, 0.1) is 11.6 Å². The summed E-state index contributed by atoms with van der Waals surface area (Å²) in [6, 6.07) is 3.84. The minimum Gasteiger partial charge on any atom is -0.356 e. The molecule has 5 heteroatoms. The third-order valence-corrected chi connectivity index (χ3v) is 2.83. The van der Waals surface area contributed by atoms with Gasteiger partial charge in [-0.05, 0) is 18.9 Å². The highest BCUT2D eigenvalue weighted by Crippen LogP contribution is 2.11. The molecule has 1 aromatic carbocycles. The fourth-order valence-electron chi connectivity index (χ4n) is 1.37. The largest absolute Gasteiger partial charge is 0.356 e. The standard InChI is InChI=1S/C12H14BrF2NO/c13-6-1-2-7-16-11(17)8-9-4-3-5-10(14)12(9)15/h3-5H,1-2,6-8H2,(H,16,17). The number of amides is 1. The lowest BCUT2D eigenvalue weighted by atomic mass is 10.1. The van der Waals surface area contributed by atoms with Gasteiger partial charge in [-0.15, -0.1) is 0 Å². The van der Waals surface area contributed by atoms with Gasteiger partial charge in [0.25, 0.3) is 0 Å². The van der Waals surface area contributed by atoms with Crippen molar-refractivity contribution in [3.63, 3.8) is 0 Å². The smallest absolute Gasteiger partial charge is 0.224 e. The first-order valence-corrected chi connectivity index (χ1v) is 6.53. The molecule has 0 aliphatic rings. The molecule has 0 aromatic heterocycles. The Labute approximate surface area is 108 Å². The molecule has 0 saturated heterocycles. The van der Waals surface area contributed by atoms with Gasteiger partial charge >= 0.3 is 0 Å². The van der Waals surface area contributed by atoms with Crippen LogP contribution < -0.4 is 5.32 Å². The molecule has 0 atom stereocenters. The molecule has 0 bridgehead atoms. The van der Waals surface area contributed by atoms with Crippen molar-refractivity contribution >= 4 is 21.8 Å². The third-order valence-electron chi connectivity index (χ3n) is 2.27. The highest BCUT2D eigenvalue weighted by atomic mass is 79.9. The van der Waals surface area contributed by atoms with Crippen molar-refractivity contribution in [3.05, 3.63) is 35.4 Å². The summed E-state index contributed by atoms with van der Waals surface area (Å²) in [6.07, 6.45) is 1.70. The van der Waals surface area contributed by atoms with Gasteiger partial charge in [-0.3, -0.25) is 4.79 Å². The molecular weight excluding hydrogens is 292 g/mol. The molecule has 2 nitrogen and oxygen atoms in total. The summed E-state index contributed by atoms with van der Waals surface area (Å²) in [5.74, 6) is -2.15. The van der Waals surface area contributed by atoms with Crippen LogP contribution in [0.5, 0.6) is 0 Å². The van der Waals surface area contributed by atoms with E-state index >= 15 is 0 Å². The maximum absolute atomic E-state index is 13.2. The lowest BCUT2D eigenvalue weighted by Crippen LogP contribution is -2.26. The summed E-state index contributed by atoms with van der Waals surface area (Å²) in [5, 5.41) is 3.55. The van der Waals surface area contributed by atoms with E-state index in [2.05, 4.69) is 21.2 Å². The summed E-state index contributed by atoms with van der Waals surface area (Å²) in [4.78, 5) is 11.4. The molecular formula is C12H14BrF2NO. The van der Waals surface area contributed by atoms with Crippen molar-refractivity contribution in [2.24, 2.45) is 0 Å². The summed E-state index contributed by atoms with van der Waals surface area (Å²) in [6.45, 7) is 0.557. The zero-order valence-electron chi connectivity index (χ0n) is 9.31. The van der Waals surface area contributed by atoms with E-state index in [9.17, 15) is 13.6 Å². The summed E-state index contributed by atoms with van der Waals surface area (Å²) >= 11 is 3.28. The van der Waals surface area contributed by atoms with E-state index < -0.39 is 11.6 Å². The average Bonchev–Trinajstić information content (AvgIpc) is 2.31. The van der Waals surface area contributed by atoms with Crippen molar-refractivity contribution in [1.82, 2.24) is 5.32 Å². The molecule has 0 unspecified atom stereocenters. The molecule has 0 aliphatic carbocycles. The topological polar surface area (TPSA) is 29.1 Å². The molecule has 0 aliphatic heterocycles. The Kier molecular flexibility index (Phi) is 6.11. The molecule has 1 aromatic rings. The predicted molar refractivity (Wildman–Crippen MR) is 66.1 cm³/mol. The lowest BCUT2D eigenvalue weighted by Gasteiger charge is -2.05. The number of carbonyl (C=O) groups is 1. The summed E-state index contributed by atoms with van der Waals surface area (Å²) in [7, 11) is 0. The maximum Gasteiger partial charge on any atom is 0.224 e. The van der Waals surface area contributed by atoms with Crippen LogP contribution in [0.15, 0.2) is 18.2 Å². The van der Waals surface area contributed by atoms with Gasteiger partial charge < -0.3 is 5.32 Å². The fourth-order valence-corrected chi connectivity index (χ4v) is 1.76. The van der Waals surface area contributed by atoms with Crippen molar-refractivity contribution in [3.8, 4) is 0 Å². The molecule has 1 amide bonds. The monoisotopic (exact) mass is 305 g/mol. The van der Waals surface area contributed by atoms with E-state index in [0.29, 0.717) is 6.54 Å². The molecule has 0 saturated carbocycles. The first-order valence-electron chi connectivity index (χ1n) is 5.40. The maximum atomic E-state index is 13.2. The highest BCUT2D eigenvalue weighted by molar-refractivity contribution is 9.09. The molecule has 1 rings (SSSR count). The van der Waals surface area contributed by atoms with Gasteiger partial charge in [-0.25, -0.2) is 8.78 Å². The number of alkyl halides is 1. The van der Waals surface area contributed by atoms with Crippen LogP contribution in [0.25, 0.3) is 0 Å². The van der Waals surface area contributed by atoms with E-state index in [-0.39, 0.29) is 17.9 Å². The molecule has 17 heavy (non-hydrogen) atoms. The van der Waals surface area contributed by atoms with Gasteiger partial charge in [0, 0.05) is 17.4 Å². The van der Waals surface area contributed by atoms with Crippen molar-refractivity contribution < 1.29 is 13.6 Å². The minimum atomic E-state index is -0.942. The van der Waals surface area contributed by atoms with E-state index in [0.717, 1.165) is 24.2 Å². The molecule has 94 valence electrons. The Bertz CT molecular complexity index is 385.